The molecule has 0 saturated heterocycles. The van der Waals surface area contributed by atoms with Gasteiger partial charge in [-0.25, -0.2) is 18.2 Å². The second-order valence-corrected chi connectivity index (χ2v) is 5.92. The zero-order valence-electron chi connectivity index (χ0n) is 8.95. The number of aromatic carboxylic acids is 1. The summed E-state index contributed by atoms with van der Waals surface area (Å²) in [5, 5.41) is 8.82. The van der Waals surface area contributed by atoms with Gasteiger partial charge in [0.25, 0.3) is 10.0 Å². The Morgan fingerprint density at radius 1 is 1.71 bits per heavy atom. The Kier molecular flexibility index (Phi) is 4.22. The average molecular weight is 274 g/mol. The predicted octanol–water partition coefficient (Wildman–Crippen LogP) is 0.485. The molecule has 92 valence electrons. The number of carbonyl (C=O) groups is 1. The first kappa shape index (κ1) is 13.6. The van der Waals surface area contributed by atoms with Crippen molar-refractivity contribution < 1.29 is 18.3 Å². The van der Waals surface area contributed by atoms with Crippen LogP contribution < -0.4 is 0 Å². The monoisotopic (exact) mass is 274 g/mol. The summed E-state index contributed by atoms with van der Waals surface area (Å²) in [6, 6.07) is 0. The van der Waals surface area contributed by atoms with Gasteiger partial charge in [0.15, 0.2) is 9.90 Å². The smallest absolute Gasteiger partial charge is 0.356 e. The summed E-state index contributed by atoms with van der Waals surface area (Å²) in [6.45, 7) is 1.69. The van der Waals surface area contributed by atoms with E-state index in [0.717, 1.165) is 15.6 Å². The molecule has 0 spiro atoms. The molecule has 0 fully saturated rings. The first-order chi connectivity index (χ1) is 7.95. The minimum atomic E-state index is -3.88. The second-order valence-electron chi connectivity index (χ2n) is 2.93. The Labute approximate surface area is 103 Å². The maximum Gasteiger partial charge on any atom is 0.356 e. The fourth-order valence-corrected chi connectivity index (χ4v) is 3.79. The van der Waals surface area contributed by atoms with Gasteiger partial charge < -0.3 is 5.11 Å². The molecule has 1 rings (SSSR count). The molecular weight excluding hydrogens is 264 g/mol. The fourth-order valence-electron chi connectivity index (χ4n) is 1.15. The summed E-state index contributed by atoms with van der Waals surface area (Å²) in [7, 11) is -3.88. The number of rotatable bonds is 5. The predicted molar refractivity (Wildman–Crippen MR) is 62.3 cm³/mol. The fraction of sp³-hybridized carbons (Fsp3) is 0.333. The van der Waals surface area contributed by atoms with Gasteiger partial charge in [0.05, 0.1) is 12.1 Å². The molecule has 0 aliphatic carbocycles. The van der Waals surface area contributed by atoms with Crippen LogP contribution in [0.1, 0.15) is 17.4 Å². The number of carboxylic acids is 1. The molecule has 0 aliphatic heterocycles. The first-order valence-corrected chi connectivity index (χ1v) is 6.87. The van der Waals surface area contributed by atoms with Gasteiger partial charge in [-0.3, -0.25) is 0 Å². The molecule has 6 nitrogen and oxygen atoms in total. The van der Waals surface area contributed by atoms with Gasteiger partial charge in [-0.15, -0.1) is 17.8 Å². The van der Waals surface area contributed by atoms with Gasteiger partial charge >= 0.3 is 5.97 Å². The van der Waals surface area contributed by atoms with Crippen LogP contribution in [0.25, 0.3) is 0 Å². The van der Waals surface area contributed by atoms with E-state index in [2.05, 4.69) is 10.9 Å². The lowest BCUT2D eigenvalue weighted by Gasteiger charge is -2.16. The van der Waals surface area contributed by atoms with E-state index in [9.17, 15) is 13.2 Å². The van der Waals surface area contributed by atoms with E-state index < -0.39 is 21.7 Å². The molecule has 0 amide bonds. The first-order valence-electron chi connectivity index (χ1n) is 4.55. The SMILES string of the molecule is C#CCN(CC)S(=O)(=O)c1scnc1C(=O)O. The molecule has 1 aromatic rings. The lowest BCUT2D eigenvalue weighted by molar-refractivity contribution is 0.0687. The van der Waals surface area contributed by atoms with Gasteiger partial charge in [0.2, 0.25) is 0 Å². The van der Waals surface area contributed by atoms with Crippen molar-refractivity contribution in [3.05, 3.63) is 11.2 Å². The van der Waals surface area contributed by atoms with Crippen LogP contribution in [0.5, 0.6) is 0 Å². The summed E-state index contributed by atoms with van der Waals surface area (Å²) >= 11 is 0.764. The average Bonchev–Trinajstić information content (AvgIpc) is 2.74. The van der Waals surface area contributed by atoms with Crippen LogP contribution in [-0.2, 0) is 10.0 Å². The van der Waals surface area contributed by atoms with E-state index in [-0.39, 0.29) is 17.3 Å². The topological polar surface area (TPSA) is 87.6 Å². The number of hydrogen-bond donors (Lipinski definition) is 1. The van der Waals surface area contributed by atoms with Crippen LogP contribution in [0, 0.1) is 12.3 Å². The van der Waals surface area contributed by atoms with Crippen molar-refractivity contribution in [3.8, 4) is 12.3 Å². The third-order valence-corrected chi connectivity index (χ3v) is 5.20. The molecule has 1 heterocycles. The number of sulfonamides is 1. The normalized spacial score (nSPS) is 11.4. The van der Waals surface area contributed by atoms with Crippen LogP contribution in [0.2, 0.25) is 0 Å². The number of terminal acetylenes is 1. The molecule has 17 heavy (non-hydrogen) atoms. The highest BCUT2D eigenvalue weighted by Gasteiger charge is 2.30. The number of thiazole rings is 1. The van der Waals surface area contributed by atoms with E-state index >= 15 is 0 Å². The third-order valence-electron chi connectivity index (χ3n) is 1.93. The van der Waals surface area contributed by atoms with Crippen LogP contribution >= 0.6 is 11.3 Å². The van der Waals surface area contributed by atoms with Crippen LogP contribution in [-0.4, -0.2) is 41.9 Å². The largest absolute Gasteiger partial charge is 0.476 e. The summed E-state index contributed by atoms with van der Waals surface area (Å²) in [5.41, 5.74) is 0.713. The molecule has 0 saturated carbocycles. The molecule has 1 aromatic heterocycles. The van der Waals surface area contributed by atoms with Crippen molar-refractivity contribution >= 4 is 27.3 Å². The Morgan fingerprint density at radius 3 is 2.82 bits per heavy atom. The maximum atomic E-state index is 12.1. The van der Waals surface area contributed by atoms with Crippen molar-refractivity contribution in [2.24, 2.45) is 0 Å². The van der Waals surface area contributed by atoms with Gasteiger partial charge in [0, 0.05) is 6.54 Å². The Hall–Kier alpha value is -1.43. The number of hydrogen-bond acceptors (Lipinski definition) is 5. The molecule has 8 heteroatoms. The minimum absolute atomic E-state index is 0.101. The zero-order chi connectivity index (χ0) is 13.1. The summed E-state index contributed by atoms with van der Waals surface area (Å²) in [6.07, 6.45) is 5.07. The number of nitrogens with zero attached hydrogens (tertiary/aromatic N) is 2. The van der Waals surface area contributed by atoms with E-state index in [4.69, 9.17) is 11.5 Å². The zero-order valence-corrected chi connectivity index (χ0v) is 10.6. The minimum Gasteiger partial charge on any atom is -0.476 e. The molecule has 0 aromatic carbocycles. The van der Waals surface area contributed by atoms with Gasteiger partial charge in [-0.05, 0) is 0 Å². The maximum absolute atomic E-state index is 12.1. The van der Waals surface area contributed by atoms with Crippen molar-refractivity contribution in [2.75, 3.05) is 13.1 Å². The third kappa shape index (κ3) is 2.63. The van der Waals surface area contributed by atoms with Crippen molar-refractivity contribution in [1.29, 1.82) is 0 Å². The van der Waals surface area contributed by atoms with E-state index in [1.807, 2.05) is 0 Å². The summed E-state index contributed by atoms with van der Waals surface area (Å²) in [4.78, 5) is 14.3. The van der Waals surface area contributed by atoms with Gasteiger partial charge in [-0.1, -0.05) is 12.8 Å². The Morgan fingerprint density at radius 2 is 2.35 bits per heavy atom. The van der Waals surface area contributed by atoms with E-state index in [1.54, 1.807) is 6.92 Å². The molecule has 0 atom stereocenters. The van der Waals surface area contributed by atoms with Crippen molar-refractivity contribution in [1.82, 2.24) is 9.29 Å². The van der Waals surface area contributed by atoms with E-state index in [0.29, 0.717) is 0 Å². The molecule has 0 bridgehead atoms. The second kappa shape index (κ2) is 5.27. The van der Waals surface area contributed by atoms with Crippen molar-refractivity contribution in [2.45, 2.75) is 11.1 Å². The van der Waals surface area contributed by atoms with Gasteiger partial charge in [0.1, 0.15) is 0 Å². The lowest BCUT2D eigenvalue weighted by atomic mass is 10.5. The highest BCUT2D eigenvalue weighted by atomic mass is 32.2. The van der Waals surface area contributed by atoms with Crippen LogP contribution in [0.4, 0.5) is 0 Å². The van der Waals surface area contributed by atoms with E-state index in [1.165, 1.54) is 5.51 Å². The molecule has 0 unspecified atom stereocenters. The van der Waals surface area contributed by atoms with Gasteiger partial charge in [-0.2, -0.15) is 4.31 Å². The van der Waals surface area contributed by atoms with Crippen molar-refractivity contribution in [3.63, 3.8) is 0 Å². The molecular formula is C9H10N2O4S2. The Bertz CT molecular complexity index is 556. The molecule has 0 aliphatic rings. The van der Waals surface area contributed by atoms with Crippen LogP contribution in [0.15, 0.2) is 9.72 Å². The van der Waals surface area contributed by atoms with Crippen LogP contribution in [0.3, 0.4) is 0 Å². The quantitative estimate of drug-likeness (QED) is 0.789. The Balaban J connectivity index is 3.26. The molecule has 0 radical (unpaired) electrons. The highest BCUT2D eigenvalue weighted by Crippen LogP contribution is 2.23. The summed E-state index contributed by atoms with van der Waals surface area (Å²) < 4.78 is 24.9. The standard InChI is InChI=1S/C9H10N2O4S2/c1-3-5-11(4-2)17(14,15)9-7(8(12)13)10-6-16-9/h1,6H,4-5H2,2H3,(H,12,13). The summed E-state index contributed by atoms with van der Waals surface area (Å²) in [5.74, 6) is 0.845. The number of aromatic nitrogens is 1. The lowest BCUT2D eigenvalue weighted by Crippen LogP contribution is -2.31. The number of carboxylic acid groups (broad SMARTS) is 1. The molecule has 1 N–H and O–H groups in total. The highest BCUT2D eigenvalue weighted by molar-refractivity contribution is 7.91.